The Labute approximate surface area is 95.6 Å². The molecule has 0 aliphatic heterocycles. The molecule has 4 N–H and O–H groups in total. The highest BCUT2D eigenvalue weighted by Crippen LogP contribution is 2.12. The summed E-state index contributed by atoms with van der Waals surface area (Å²) in [4.78, 5) is 21.5. The second-order valence-electron chi connectivity index (χ2n) is 3.28. The van der Waals surface area contributed by atoms with Gasteiger partial charge in [-0.2, -0.15) is 0 Å². The summed E-state index contributed by atoms with van der Waals surface area (Å²) in [5.74, 6) is 0.678. The number of carboxylic acid groups (broad SMARTS) is 1. The number of carbonyl (C=O) groups is 2. The van der Waals surface area contributed by atoms with E-state index in [2.05, 4.69) is 9.82 Å². The molecule has 0 saturated carbocycles. The van der Waals surface area contributed by atoms with Gasteiger partial charge in [0.1, 0.15) is 6.04 Å². The van der Waals surface area contributed by atoms with Gasteiger partial charge in [0.15, 0.2) is 0 Å². The summed E-state index contributed by atoms with van der Waals surface area (Å²) < 4.78 is 4.57. The summed E-state index contributed by atoms with van der Waals surface area (Å²) in [5, 5.41) is 11.5. The zero-order valence-corrected chi connectivity index (χ0v) is 10.5. The minimum Gasteiger partial charge on any atom is -0.481 e. The minimum absolute atomic E-state index is 0.106. The van der Waals surface area contributed by atoms with Crippen LogP contribution in [0.15, 0.2) is 0 Å². The number of carbonyl (C=O) groups excluding carboxylic acids is 1. The number of aliphatic carboxylic acids is 1. The molecule has 0 aromatic rings. The van der Waals surface area contributed by atoms with E-state index >= 15 is 0 Å². The van der Waals surface area contributed by atoms with E-state index < -0.39 is 25.7 Å². The molecule has 0 aromatic heterocycles. The molecule has 94 valence electrons. The molecule has 0 rings (SSSR count). The maximum Gasteiger partial charge on any atom is 0.324 e. The molecule has 6 nitrogen and oxygen atoms in total. The standard InChI is InChI=1S/C9H19N2O4P/c1-15-9(14)7(6-10)11-16(2)5-3-4-8(12)13/h5,7,11,16H,3-4,6,10H2,1-2H3,(H,12,13). The number of nitrogens with two attached hydrogens (primary N) is 1. The number of hydrogen-bond acceptors (Lipinski definition) is 5. The van der Waals surface area contributed by atoms with Crippen LogP contribution in [0.5, 0.6) is 0 Å². The fourth-order valence-corrected chi connectivity index (χ4v) is 2.58. The minimum atomic E-state index is -1.07. The van der Waals surface area contributed by atoms with E-state index in [1.807, 2.05) is 12.5 Å². The van der Waals surface area contributed by atoms with Crippen molar-refractivity contribution in [1.29, 1.82) is 0 Å². The zero-order valence-electron chi connectivity index (χ0n) is 9.53. The van der Waals surface area contributed by atoms with Gasteiger partial charge in [-0.05, 0) is 13.1 Å². The number of methoxy groups -OCH3 is 1. The van der Waals surface area contributed by atoms with Gasteiger partial charge < -0.3 is 15.6 Å². The molecule has 0 bridgehead atoms. The first-order valence-corrected chi connectivity index (χ1v) is 7.02. The Bertz CT molecular complexity index is 281. The first kappa shape index (κ1) is 15.2. The summed E-state index contributed by atoms with van der Waals surface area (Å²) in [6, 6.07) is -0.509. The molecule has 0 amide bonds. The SMILES string of the molecule is COC(=O)C(CN)N/[PH](C)=C\CCC(=O)O. The number of ether oxygens (including phenoxy) is 1. The van der Waals surface area contributed by atoms with Crippen molar-refractivity contribution in [2.75, 3.05) is 20.3 Å². The molecule has 0 aromatic carbocycles. The van der Waals surface area contributed by atoms with Crippen molar-refractivity contribution in [3.63, 3.8) is 0 Å². The predicted octanol–water partition coefficient (Wildman–Crippen LogP) is -0.498. The van der Waals surface area contributed by atoms with Crippen LogP contribution in [-0.2, 0) is 14.3 Å². The summed E-state index contributed by atoms with van der Waals surface area (Å²) in [6.45, 7) is 2.10. The van der Waals surface area contributed by atoms with E-state index in [1.54, 1.807) is 0 Å². The average molecular weight is 250 g/mol. The Morgan fingerprint density at radius 1 is 1.62 bits per heavy atom. The van der Waals surface area contributed by atoms with Gasteiger partial charge in [0, 0.05) is 13.0 Å². The fraction of sp³-hybridized carbons (Fsp3) is 0.667. The van der Waals surface area contributed by atoms with Gasteiger partial charge in [-0.3, -0.25) is 14.7 Å². The molecule has 2 atom stereocenters. The third kappa shape index (κ3) is 6.61. The van der Waals surface area contributed by atoms with Crippen LogP contribution in [0, 0.1) is 0 Å². The Morgan fingerprint density at radius 3 is 2.69 bits per heavy atom. The number of rotatable bonds is 7. The Morgan fingerprint density at radius 2 is 2.25 bits per heavy atom. The van der Waals surface area contributed by atoms with Crippen LogP contribution in [-0.4, -0.2) is 49.2 Å². The summed E-state index contributed by atoms with van der Waals surface area (Å²) >= 11 is 0. The van der Waals surface area contributed by atoms with Gasteiger partial charge in [0.2, 0.25) is 0 Å². The fourth-order valence-electron chi connectivity index (χ4n) is 1.10. The first-order chi connectivity index (χ1) is 7.51. The molecule has 0 heterocycles. The zero-order chi connectivity index (χ0) is 12.6. The molecule has 7 heteroatoms. The lowest BCUT2D eigenvalue weighted by Gasteiger charge is -2.15. The molecule has 0 aliphatic carbocycles. The largest absolute Gasteiger partial charge is 0.481 e. The van der Waals surface area contributed by atoms with Crippen molar-refractivity contribution >= 4 is 25.4 Å². The second-order valence-corrected chi connectivity index (χ2v) is 5.34. The highest BCUT2D eigenvalue weighted by molar-refractivity contribution is 7.54. The van der Waals surface area contributed by atoms with Crippen molar-refractivity contribution in [2.24, 2.45) is 5.73 Å². The van der Waals surface area contributed by atoms with Crippen LogP contribution in [0.3, 0.4) is 0 Å². The van der Waals surface area contributed by atoms with Crippen LogP contribution < -0.4 is 10.8 Å². The second kappa shape index (κ2) is 8.33. The molecule has 2 unspecified atom stereocenters. The molecular formula is C9H19N2O4P. The Balaban J connectivity index is 4.13. The molecular weight excluding hydrogens is 231 g/mol. The monoisotopic (exact) mass is 250 g/mol. The van der Waals surface area contributed by atoms with Crippen LogP contribution >= 0.6 is 7.70 Å². The lowest BCUT2D eigenvalue weighted by atomic mass is 10.3. The normalized spacial score (nSPS) is 14.4. The van der Waals surface area contributed by atoms with Crippen molar-refractivity contribution < 1.29 is 19.4 Å². The van der Waals surface area contributed by atoms with Crippen molar-refractivity contribution in [2.45, 2.75) is 18.9 Å². The first-order valence-electron chi connectivity index (χ1n) is 4.94. The predicted molar refractivity (Wildman–Crippen MR) is 65.2 cm³/mol. The van der Waals surface area contributed by atoms with E-state index in [4.69, 9.17) is 10.8 Å². The summed E-state index contributed by atoms with van der Waals surface area (Å²) in [6.07, 6.45) is 0.598. The van der Waals surface area contributed by atoms with E-state index in [1.165, 1.54) is 7.11 Å². The van der Waals surface area contributed by atoms with Gasteiger partial charge in [0.25, 0.3) is 0 Å². The highest BCUT2D eigenvalue weighted by atomic mass is 31.1. The number of hydrogen-bond donors (Lipinski definition) is 3. The third-order valence-electron chi connectivity index (χ3n) is 1.93. The third-order valence-corrected chi connectivity index (χ3v) is 3.64. The Kier molecular flexibility index (Phi) is 7.89. The molecule has 0 spiro atoms. The number of carboxylic acids is 1. The highest BCUT2D eigenvalue weighted by Gasteiger charge is 2.15. The molecule has 16 heavy (non-hydrogen) atoms. The van der Waals surface area contributed by atoms with Gasteiger partial charge in [-0.25, -0.2) is 0 Å². The average Bonchev–Trinajstić information content (AvgIpc) is 2.24. The topological polar surface area (TPSA) is 102 Å². The van der Waals surface area contributed by atoms with Gasteiger partial charge >= 0.3 is 11.9 Å². The van der Waals surface area contributed by atoms with Crippen molar-refractivity contribution in [1.82, 2.24) is 5.09 Å². The number of esters is 1. The van der Waals surface area contributed by atoms with Crippen molar-refractivity contribution in [3.8, 4) is 0 Å². The van der Waals surface area contributed by atoms with Gasteiger partial charge in [0.05, 0.1) is 7.11 Å². The van der Waals surface area contributed by atoms with Gasteiger partial charge in [-0.15, -0.1) is 0 Å². The molecule has 0 radical (unpaired) electrons. The summed E-state index contributed by atoms with van der Waals surface area (Å²) in [5.41, 5.74) is 5.42. The molecule has 0 fully saturated rings. The van der Waals surface area contributed by atoms with Crippen molar-refractivity contribution in [3.05, 3.63) is 0 Å². The van der Waals surface area contributed by atoms with Crippen LogP contribution in [0.4, 0.5) is 0 Å². The van der Waals surface area contributed by atoms with Gasteiger partial charge in [-0.1, -0.05) is 13.5 Å². The smallest absolute Gasteiger partial charge is 0.324 e. The molecule has 0 aliphatic rings. The maximum absolute atomic E-state index is 11.2. The van der Waals surface area contributed by atoms with Crippen LogP contribution in [0.1, 0.15) is 12.8 Å². The maximum atomic E-state index is 11.2. The summed E-state index contributed by atoms with van der Waals surface area (Å²) in [7, 11) is 0.239. The molecule has 0 saturated heterocycles. The quantitative estimate of drug-likeness (QED) is 0.416. The van der Waals surface area contributed by atoms with E-state index in [0.717, 1.165) is 0 Å². The van der Waals surface area contributed by atoms with E-state index in [-0.39, 0.29) is 13.0 Å². The van der Waals surface area contributed by atoms with E-state index in [0.29, 0.717) is 6.42 Å². The lowest BCUT2D eigenvalue weighted by Crippen LogP contribution is -2.40. The Hall–Kier alpha value is -0.840. The van der Waals surface area contributed by atoms with Crippen LogP contribution in [0.25, 0.3) is 0 Å². The lowest BCUT2D eigenvalue weighted by molar-refractivity contribution is -0.142. The van der Waals surface area contributed by atoms with Crippen LogP contribution in [0.2, 0.25) is 0 Å². The van der Waals surface area contributed by atoms with E-state index in [9.17, 15) is 9.59 Å². The number of nitrogens with one attached hydrogen (secondary N) is 1.